The van der Waals surface area contributed by atoms with Crippen LogP contribution in [0.5, 0.6) is 0 Å². The Hall–Kier alpha value is -1.62. The standard InChI is InChI=1S/C23H34N4O/c1-15(2)10-19-13-20(25-24-19)23(28)27-9-5-6-16-11-17-12-18(22(16)27)14-26-8-4-3-7-21(17)26/h11,13,15,17-18,21-22H,3-10,12,14H2,1-2H3,(H,24,25)/t17-,18+,21-,22+/m0/s1. The van der Waals surface area contributed by atoms with Crippen molar-refractivity contribution in [3.63, 3.8) is 0 Å². The molecule has 0 spiro atoms. The molecular weight excluding hydrogens is 348 g/mol. The fourth-order valence-corrected chi connectivity index (χ4v) is 6.36. The van der Waals surface area contributed by atoms with Crippen molar-refractivity contribution in [3.8, 4) is 0 Å². The summed E-state index contributed by atoms with van der Waals surface area (Å²) in [5.41, 5.74) is 3.22. The van der Waals surface area contributed by atoms with E-state index in [1.54, 1.807) is 5.57 Å². The number of carbonyl (C=O) groups is 1. The van der Waals surface area contributed by atoms with Gasteiger partial charge in [-0.05, 0) is 68.9 Å². The molecule has 4 heterocycles. The number of H-pyrrole nitrogens is 1. The number of nitrogens with one attached hydrogen (secondary N) is 1. The maximum absolute atomic E-state index is 13.4. The molecule has 5 nitrogen and oxygen atoms in total. The molecule has 0 aromatic carbocycles. The van der Waals surface area contributed by atoms with Crippen LogP contribution in [0.2, 0.25) is 0 Å². The van der Waals surface area contributed by atoms with Gasteiger partial charge in [0.15, 0.2) is 0 Å². The predicted octanol–water partition coefficient (Wildman–Crippen LogP) is 3.64. The number of fused-ring (bicyclic) bond motifs is 6. The maximum Gasteiger partial charge on any atom is 0.274 e. The number of carbonyl (C=O) groups excluding carboxylic acids is 1. The highest BCUT2D eigenvalue weighted by Gasteiger charge is 2.47. The van der Waals surface area contributed by atoms with Crippen molar-refractivity contribution >= 4 is 5.91 Å². The van der Waals surface area contributed by atoms with E-state index >= 15 is 0 Å². The van der Waals surface area contributed by atoms with Crippen molar-refractivity contribution in [2.75, 3.05) is 19.6 Å². The van der Waals surface area contributed by atoms with Crippen molar-refractivity contribution in [2.45, 2.75) is 70.9 Å². The van der Waals surface area contributed by atoms with Crippen LogP contribution in [-0.4, -0.2) is 57.6 Å². The maximum atomic E-state index is 13.4. The Morgan fingerprint density at radius 3 is 3.04 bits per heavy atom. The molecule has 1 aromatic rings. The number of aromatic nitrogens is 2. The molecule has 1 N–H and O–H groups in total. The summed E-state index contributed by atoms with van der Waals surface area (Å²) in [5, 5.41) is 7.47. The summed E-state index contributed by atoms with van der Waals surface area (Å²) < 4.78 is 0. The van der Waals surface area contributed by atoms with Gasteiger partial charge >= 0.3 is 0 Å². The Labute approximate surface area is 168 Å². The van der Waals surface area contributed by atoms with Crippen LogP contribution < -0.4 is 0 Å². The minimum Gasteiger partial charge on any atom is -0.330 e. The van der Waals surface area contributed by atoms with Gasteiger partial charge in [0.25, 0.3) is 5.91 Å². The highest BCUT2D eigenvalue weighted by molar-refractivity contribution is 5.93. The summed E-state index contributed by atoms with van der Waals surface area (Å²) >= 11 is 0. The van der Waals surface area contributed by atoms with Crippen LogP contribution in [0.1, 0.15) is 68.6 Å². The lowest BCUT2D eigenvalue weighted by atomic mass is 9.68. The largest absolute Gasteiger partial charge is 0.330 e. The first-order valence-electron chi connectivity index (χ1n) is 11.4. The fraction of sp³-hybridized carbons (Fsp3) is 0.739. The average molecular weight is 383 g/mol. The van der Waals surface area contributed by atoms with E-state index in [0.29, 0.717) is 29.5 Å². The van der Waals surface area contributed by atoms with Crippen molar-refractivity contribution in [3.05, 3.63) is 29.1 Å². The molecule has 5 rings (SSSR count). The third-order valence-electron chi connectivity index (χ3n) is 7.40. The van der Waals surface area contributed by atoms with Crippen LogP contribution in [-0.2, 0) is 6.42 Å². The molecule has 3 fully saturated rings. The number of rotatable bonds is 3. The van der Waals surface area contributed by atoms with E-state index in [-0.39, 0.29) is 5.91 Å². The molecule has 5 heteroatoms. The minimum atomic E-state index is 0.126. The van der Waals surface area contributed by atoms with Crippen LogP contribution in [0.15, 0.2) is 17.7 Å². The highest BCUT2D eigenvalue weighted by Crippen LogP contribution is 2.45. The van der Waals surface area contributed by atoms with E-state index in [1.165, 1.54) is 45.2 Å². The molecular formula is C23H34N4O. The number of hydrogen-bond acceptors (Lipinski definition) is 3. The first kappa shape index (κ1) is 18.4. The summed E-state index contributed by atoms with van der Waals surface area (Å²) in [5.74, 6) is 1.99. The lowest BCUT2D eigenvalue weighted by molar-refractivity contribution is 0.00131. The Kier molecular flexibility index (Phi) is 4.82. The molecule has 0 saturated carbocycles. The third kappa shape index (κ3) is 3.22. The zero-order valence-corrected chi connectivity index (χ0v) is 17.4. The topological polar surface area (TPSA) is 52.2 Å². The number of hydrogen-bond donors (Lipinski definition) is 1. The van der Waals surface area contributed by atoms with Crippen LogP contribution >= 0.6 is 0 Å². The molecule has 0 radical (unpaired) electrons. The zero-order valence-electron chi connectivity index (χ0n) is 17.4. The molecule has 1 aliphatic carbocycles. The van der Waals surface area contributed by atoms with Crippen molar-refractivity contribution < 1.29 is 4.79 Å². The summed E-state index contributed by atoms with van der Waals surface area (Å²) in [6.07, 6.45) is 11.1. The number of aromatic amines is 1. The first-order valence-corrected chi connectivity index (χ1v) is 11.4. The Morgan fingerprint density at radius 1 is 1.29 bits per heavy atom. The molecule has 4 atom stereocenters. The van der Waals surface area contributed by atoms with Gasteiger partial charge in [0, 0.05) is 24.8 Å². The van der Waals surface area contributed by atoms with Gasteiger partial charge in [0.05, 0.1) is 6.04 Å². The second-order valence-electron chi connectivity index (χ2n) is 9.88. The molecule has 28 heavy (non-hydrogen) atoms. The van der Waals surface area contributed by atoms with E-state index in [9.17, 15) is 4.79 Å². The molecule has 1 aromatic heterocycles. The van der Waals surface area contributed by atoms with E-state index < -0.39 is 0 Å². The SMILES string of the molecule is CC(C)Cc1cc(C(=O)N2CCCC3=C[C@H]4C[C@H](CN5CCCC[C@@H]45)[C@@H]32)n[nH]1. The number of likely N-dealkylation sites (tertiary alicyclic amines) is 1. The van der Waals surface area contributed by atoms with Gasteiger partial charge in [-0.1, -0.05) is 31.9 Å². The summed E-state index contributed by atoms with van der Waals surface area (Å²) in [4.78, 5) is 18.3. The van der Waals surface area contributed by atoms with Gasteiger partial charge in [-0.25, -0.2) is 0 Å². The minimum absolute atomic E-state index is 0.126. The van der Waals surface area contributed by atoms with Gasteiger partial charge in [-0.15, -0.1) is 0 Å². The predicted molar refractivity (Wildman–Crippen MR) is 110 cm³/mol. The quantitative estimate of drug-likeness (QED) is 0.812. The molecule has 4 aliphatic rings. The Morgan fingerprint density at radius 2 is 2.18 bits per heavy atom. The fourth-order valence-electron chi connectivity index (χ4n) is 6.36. The molecule has 2 bridgehead atoms. The van der Waals surface area contributed by atoms with E-state index in [2.05, 4.69) is 39.9 Å². The molecule has 1 amide bonds. The number of amides is 1. The molecule has 152 valence electrons. The van der Waals surface area contributed by atoms with Gasteiger partial charge in [0.1, 0.15) is 5.69 Å². The van der Waals surface area contributed by atoms with Crippen LogP contribution in [0.4, 0.5) is 0 Å². The molecule has 0 unspecified atom stereocenters. The van der Waals surface area contributed by atoms with Gasteiger partial charge in [-0.3, -0.25) is 14.8 Å². The van der Waals surface area contributed by atoms with Gasteiger partial charge in [-0.2, -0.15) is 5.10 Å². The lowest BCUT2D eigenvalue weighted by Crippen LogP contribution is -2.60. The van der Waals surface area contributed by atoms with Gasteiger partial charge in [0.2, 0.25) is 0 Å². The second-order valence-corrected chi connectivity index (χ2v) is 9.88. The normalized spacial score (nSPS) is 32.7. The lowest BCUT2D eigenvalue weighted by Gasteiger charge is -2.54. The van der Waals surface area contributed by atoms with Crippen LogP contribution in [0.3, 0.4) is 0 Å². The summed E-state index contributed by atoms with van der Waals surface area (Å²) in [6.45, 7) is 7.68. The van der Waals surface area contributed by atoms with Crippen LogP contribution in [0, 0.1) is 17.8 Å². The molecule has 3 saturated heterocycles. The Bertz CT molecular complexity index is 766. The van der Waals surface area contributed by atoms with E-state index in [1.807, 2.05) is 6.07 Å². The first-order chi connectivity index (χ1) is 13.6. The summed E-state index contributed by atoms with van der Waals surface area (Å²) in [7, 11) is 0. The number of piperidine rings is 3. The number of nitrogens with zero attached hydrogens (tertiary/aromatic N) is 3. The summed E-state index contributed by atoms with van der Waals surface area (Å²) in [6, 6.07) is 3.04. The Balaban J connectivity index is 1.40. The monoisotopic (exact) mass is 382 g/mol. The van der Waals surface area contributed by atoms with Crippen LogP contribution in [0.25, 0.3) is 0 Å². The van der Waals surface area contributed by atoms with Gasteiger partial charge < -0.3 is 4.90 Å². The van der Waals surface area contributed by atoms with Crippen molar-refractivity contribution in [1.29, 1.82) is 0 Å². The van der Waals surface area contributed by atoms with E-state index in [4.69, 9.17) is 0 Å². The molecule has 3 aliphatic heterocycles. The van der Waals surface area contributed by atoms with E-state index in [0.717, 1.165) is 31.1 Å². The zero-order chi connectivity index (χ0) is 19.3. The average Bonchev–Trinajstić information content (AvgIpc) is 3.15. The third-order valence-corrected chi connectivity index (χ3v) is 7.40. The highest BCUT2D eigenvalue weighted by atomic mass is 16.2. The van der Waals surface area contributed by atoms with Crippen molar-refractivity contribution in [1.82, 2.24) is 20.0 Å². The second kappa shape index (κ2) is 7.33. The van der Waals surface area contributed by atoms with Crippen molar-refractivity contribution in [2.24, 2.45) is 17.8 Å². The smallest absolute Gasteiger partial charge is 0.274 e.